The Kier molecular flexibility index (Phi) is 4.60. The summed E-state index contributed by atoms with van der Waals surface area (Å²) in [5, 5.41) is 9.80. The molecular weight excluding hydrogens is 264 g/mol. The van der Waals surface area contributed by atoms with Crippen molar-refractivity contribution in [2.45, 2.75) is 43.6 Å². The number of hydrogen-bond donors (Lipinski definition) is 1. The van der Waals surface area contributed by atoms with Gasteiger partial charge in [0.2, 0.25) is 0 Å². The van der Waals surface area contributed by atoms with Gasteiger partial charge >= 0.3 is 0 Å². The van der Waals surface area contributed by atoms with Crippen molar-refractivity contribution in [3.05, 3.63) is 29.8 Å². The van der Waals surface area contributed by atoms with E-state index < -0.39 is 16.2 Å². The minimum absolute atomic E-state index is 0.0668. The van der Waals surface area contributed by atoms with E-state index in [4.69, 9.17) is 4.18 Å². The summed E-state index contributed by atoms with van der Waals surface area (Å²) in [5.41, 5.74) is 1.00. The van der Waals surface area contributed by atoms with E-state index >= 15 is 0 Å². The van der Waals surface area contributed by atoms with Gasteiger partial charge in [0.1, 0.15) is 0 Å². The van der Waals surface area contributed by atoms with E-state index in [1.807, 2.05) is 6.92 Å². The fourth-order valence-electron chi connectivity index (χ4n) is 2.33. The van der Waals surface area contributed by atoms with Crippen LogP contribution in [0, 0.1) is 12.8 Å². The van der Waals surface area contributed by atoms with Gasteiger partial charge < -0.3 is 5.11 Å². The molecule has 0 radical (unpaired) electrons. The smallest absolute Gasteiger partial charge is 0.296 e. The van der Waals surface area contributed by atoms with Gasteiger partial charge in [-0.2, -0.15) is 8.42 Å². The highest BCUT2D eigenvalue weighted by Gasteiger charge is 2.26. The molecule has 2 atom stereocenters. The minimum Gasteiger partial charge on any atom is -0.393 e. The van der Waals surface area contributed by atoms with Crippen molar-refractivity contribution in [1.29, 1.82) is 0 Å². The Hall–Kier alpha value is -0.910. The van der Waals surface area contributed by atoms with Gasteiger partial charge in [0.25, 0.3) is 10.1 Å². The van der Waals surface area contributed by atoms with Crippen molar-refractivity contribution in [1.82, 2.24) is 0 Å². The van der Waals surface area contributed by atoms with Gasteiger partial charge in [-0.15, -0.1) is 0 Å². The van der Waals surface area contributed by atoms with Crippen LogP contribution in [-0.4, -0.2) is 26.2 Å². The van der Waals surface area contributed by atoms with Crippen molar-refractivity contribution in [2.24, 2.45) is 5.92 Å². The summed E-state index contributed by atoms with van der Waals surface area (Å²) < 4.78 is 29.1. The Labute approximate surface area is 114 Å². The number of aliphatic hydroxyl groups is 1. The number of benzene rings is 1. The zero-order valence-electron chi connectivity index (χ0n) is 11.1. The van der Waals surface area contributed by atoms with Gasteiger partial charge in [0, 0.05) is 5.92 Å². The molecular formula is C14H20O4S. The quantitative estimate of drug-likeness (QED) is 0.861. The molecule has 5 heteroatoms. The summed E-state index contributed by atoms with van der Waals surface area (Å²) in [7, 11) is -3.71. The Morgan fingerprint density at radius 3 is 2.47 bits per heavy atom. The second-order valence-corrected chi connectivity index (χ2v) is 6.78. The number of hydrogen-bond acceptors (Lipinski definition) is 4. The first kappa shape index (κ1) is 14.5. The fourth-order valence-corrected chi connectivity index (χ4v) is 3.29. The van der Waals surface area contributed by atoms with Crippen LogP contribution in [0.4, 0.5) is 0 Å². The molecule has 2 rings (SSSR count). The van der Waals surface area contributed by atoms with Crippen LogP contribution in [0.1, 0.15) is 31.2 Å². The van der Waals surface area contributed by atoms with Crippen LogP contribution in [0.3, 0.4) is 0 Å². The maximum absolute atomic E-state index is 12.0. The highest BCUT2D eigenvalue weighted by atomic mass is 32.2. The summed E-state index contributed by atoms with van der Waals surface area (Å²) in [6.45, 7) is 1.97. The molecule has 1 aromatic rings. The van der Waals surface area contributed by atoms with Crippen LogP contribution in [-0.2, 0) is 14.3 Å². The van der Waals surface area contributed by atoms with Crippen molar-refractivity contribution < 1.29 is 17.7 Å². The highest BCUT2D eigenvalue weighted by molar-refractivity contribution is 7.86. The number of aliphatic hydroxyl groups excluding tert-OH is 1. The van der Waals surface area contributed by atoms with Gasteiger partial charge in [-0.3, -0.25) is 4.18 Å². The van der Waals surface area contributed by atoms with Crippen LogP contribution >= 0.6 is 0 Å². The molecule has 0 bridgehead atoms. The largest absolute Gasteiger partial charge is 0.393 e. The third kappa shape index (κ3) is 3.78. The lowest BCUT2D eigenvalue weighted by Gasteiger charge is -2.26. The average molecular weight is 284 g/mol. The van der Waals surface area contributed by atoms with E-state index in [9.17, 15) is 13.5 Å². The monoisotopic (exact) mass is 284 g/mol. The van der Waals surface area contributed by atoms with Gasteiger partial charge in [-0.05, 0) is 31.9 Å². The first-order chi connectivity index (χ1) is 8.99. The van der Waals surface area contributed by atoms with Crippen LogP contribution in [0.5, 0.6) is 0 Å². The summed E-state index contributed by atoms with van der Waals surface area (Å²) in [5.74, 6) is -0.0750. The Morgan fingerprint density at radius 2 is 1.84 bits per heavy atom. The molecule has 4 nitrogen and oxygen atoms in total. The summed E-state index contributed by atoms with van der Waals surface area (Å²) >= 11 is 0. The number of rotatable bonds is 4. The van der Waals surface area contributed by atoms with Gasteiger partial charge in [-0.1, -0.05) is 30.5 Å². The standard InChI is InChI=1S/C14H20O4S/c1-11-6-8-13(9-7-11)19(16,17)18-10-12-4-2-3-5-14(12)15/h6-9,12,14-15H,2-5,10H2,1H3/t12-,14+/m0/s1. The molecule has 0 unspecified atom stereocenters. The predicted molar refractivity (Wildman–Crippen MR) is 72.3 cm³/mol. The highest BCUT2D eigenvalue weighted by Crippen LogP contribution is 2.25. The Balaban J connectivity index is 1.99. The molecule has 0 heterocycles. The lowest BCUT2D eigenvalue weighted by atomic mass is 9.87. The van der Waals surface area contributed by atoms with E-state index in [0.29, 0.717) is 0 Å². The van der Waals surface area contributed by atoms with E-state index in [2.05, 4.69) is 0 Å². The summed E-state index contributed by atoms with van der Waals surface area (Å²) in [4.78, 5) is 0.170. The van der Waals surface area contributed by atoms with Crippen LogP contribution < -0.4 is 0 Å². The normalized spacial score (nSPS) is 24.3. The molecule has 1 fully saturated rings. The van der Waals surface area contributed by atoms with E-state index in [1.54, 1.807) is 24.3 Å². The average Bonchev–Trinajstić information content (AvgIpc) is 2.38. The van der Waals surface area contributed by atoms with Crippen molar-refractivity contribution in [2.75, 3.05) is 6.61 Å². The van der Waals surface area contributed by atoms with Crippen molar-refractivity contribution >= 4 is 10.1 Å². The zero-order valence-corrected chi connectivity index (χ0v) is 11.9. The topological polar surface area (TPSA) is 63.6 Å². The number of aryl methyl sites for hydroxylation is 1. The van der Waals surface area contributed by atoms with E-state index in [0.717, 1.165) is 31.2 Å². The van der Waals surface area contributed by atoms with Crippen LogP contribution in [0.15, 0.2) is 29.2 Å². The Bertz CT molecular complexity index is 507. The molecule has 106 valence electrons. The first-order valence-electron chi connectivity index (χ1n) is 6.63. The third-order valence-corrected chi connectivity index (χ3v) is 4.91. The first-order valence-corrected chi connectivity index (χ1v) is 8.04. The second kappa shape index (κ2) is 6.03. The van der Waals surface area contributed by atoms with Gasteiger partial charge in [0.15, 0.2) is 0 Å². The van der Waals surface area contributed by atoms with Gasteiger partial charge in [0.05, 0.1) is 17.6 Å². The van der Waals surface area contributed by atoms with Crippen LogP contribution in [0.25, 0.3) is 0 Å². The molecule has 1 N–H and O–H groups in total. The molecule has 1 aliphatic carbocycles. The van der Waals surface area contributed by atoms with Crippen LogP contribution in [0.2, 0.25) is 0 Å². The van der Waals surface area contributed by atoms with E-state index in [-0.39, 0.29) is 17.4 Å². The van der Waals surface area contributed by atoms with Crippen molar-refractivity contribution in [3.8, 4) is 0 Å². The lowest BCUT2D eigenvalue weighted by Crippen LogP contribution is -2.29. The SMILES string of the molecule is Cc1ccc(S(=O)(=O)OC[C@@H]2CCCC[C@H]2O)cc1. The maximum Gasteiger partial charge on any atom is 0.296 e. The molecule has 1 aliphatic rings. The molecule has 0 aliphatic heterocycles. The third-order valence-electron chi connectivity index (χ3n) is 3.62. The molecule has 19 heavy (non-hydrogen) atoms. The van der Waals surface area contributed by atoms with Crippen molar-refractivity contribution in [3.63, 3.8) is 0 Å². The second-order valence-electron chi connectivity index (χ2n) is 5.16. The molecule has 0 amide bonds. The Morgan fingerprint density at radius 1 is 1.21 bits per heavy atom. The summed E-state index contributed by atoms with van der Waals surface area (Å²) in [6.07, 6.45) is 3.14. The molecule has 0 spiro atoms. The lowest BCUT2D eigenvalue weighted by molar-refractivity contribution is 0.0438. The molecule has 0 aromatic heterocycles. The fraction of sp³-hybridized carbons (Fsp3) is 0.571. The van der Waals surface area contributed by atoms with Gasteiger partial charge in [-0.25, -0.2) is 0 Å². The zero-order chi connectivity index (χ0) is 13.9. The maximum atomic E-state index is 12.0. The molecule has 1 aromatic carbocycles. The van der Waals surface area contributed by atoms with E-state index in [1.165, 1.54) is 0 Å². The molecule has 1 saturated carbocycles. The molecule has 0 saturated heterocycles. The predicted octanol–water partition coefficient (Wildman–Crippen LogP) is 2.25. The minimum atomic E-state index is -3.71. The summed E-state index contributed by atoms with van der Waals surface area (Å²) in [6, 6.07) is 6.57.